The van der Waals surface area contributed by atoms with E-state index in [4.69, 9.17) is 22.7 Å². The molecule has 0 aromatic carbocycles. The summed E-state index contributed by atoms with van der Waals surface area (Å²) < 4.78 is 5.50. The van der Waals surface area contributed by atoms with Crippen LogP contribution in [0.3, 0.4) is 0 Å². The lowest BCUT2D eigenvalue weighted by Crippen LogP contribution is -2.37. The van der Waals surface area contributed by atoms with Crippen LogP contribution in [-0.2, 0) is 9.53 Å². The van der Waals surface area contributed by atoms with Gasteiger partial charge in [-0.15, -0.1) is 0 Å². The Labute approximate surface area is 107 Å². The first-order valence-corrected chi connectivity index (χ1v) is 6.77. The number of thiocarbonyl (C=S) groups is 1. The van der Waals surface area contributed by atoms with Gasteiger partial charge in [0, 0.05) is 25.6 Å². The number of carbonyl (C=O) groups excluding carboxylic acids is 1. The SMILES string of the molecule is NC(=S)CCN(C(=O)CC1CCCO1)C1CC1. The molecule has 1 heterocycles. The summed E-state index contributed by atoms with van der Waals surface area (Å²) in [5, 5.41) is 0. The number of amides is 1. The van der Waals surface area contributed by atoms with Crippen molar-refractivity contribution in [2.75, 3.05) is 13.2 Å². The van der Waals surface area contributed by atoms with Gasteiger partial charge < -0.3 is 15.4 Å². The Hall–Kier alpha value is -0.680. The zero-order chi connectivity index (χ0) is 12.3. The summed E-state index contributed by atoms with van der Waals surface area (Å²) in [6, 6.07) is 0.429. The lowest BCUT2D eigenvalue weighted by molar-refractivity contribution is -0.134. The van der Waals surface area contributed by atoms with Gasteiger partial charge in [0.15, 0.2) is 0 Å². The van der Waals surface area contributed by atoms with Crippen molar-refractivity contribution >= 4 is 23.1 Å². The van der Waals surface area contributed by atoms with E-state index in [0.717, 1.165) is 32.3 Å². The van der Waals surface area contributed by atoms with Crippen molar-refractivity contribution in [3.63, 3.8) is 0 Å². The predicted molar refractivity (Wildman–Crippen MR) is 69.7 cm³/mol. The maximum Gasteiger partial charge on any atom is 0.225 e. The molecule has 0 spiro atoms. The number of nitrogens with two attached hydrogens (primary N) is 1. The van der Waals surface area contributed by atoms with Crippen molar-refractivity contribution in [1.29, 1.82) is 0 Å². The number of nitrogens with zero attached hydrogens (tertiary/aromatic N) is 1. The van der Waals surface area contributed by atoms with Crippen LogP contribution in [0.15, 0.2) is 0 Å². The van der Waals surface area contributed by atoms with Crippen molar-refractivity contribution in [2.24, 2.45) is 5.73 Å². The zero-order valence-electron chi connectivity index (χ0n) is 10.1. The highest BCUT2D eigenvalue weighted by Crippen LogP contribution is 2.28. The van der Waals surface area contributed by atoms with Crippen molar-refractivity contribution in [3.05, 3.63) is 0 Å². The van der Waals surface area contributed by atoms with E-state index in [9.17, 15) is 4.79 Å². The molecule has 1 saturated carbocycles. The van der Waals surface area contributed by atoms with E-state index in [-0.39, 0.29) is 12.0 Å². The van der Waals surface area contributed by atoms with Gasteiger partial charge in [0.25, 0.3) is 0 Å². The second-order valence-electron chi connectivity index (χ2n) is 4.87. The molecule has 1 saturated heterocycles. The molecule has 0 aromatic heterocycles. The Balaban J connectivity index is 1.81. The standard InChI is InChI=1S/C12H20N2O2S/c13-11(17)5-6-14(9-3-4-9)12(15)8-10-2-1-7-16-10/h9-10H,1-8H2,(H2,13,17). The van der Waals surface area contributed by atoms with Crippen LogP contribution in [0.1, 0.15) is 38.5 Å². The Morgan fingerprint density at radius 2 is 2.18 bits per heavy atom. The predicted octanol–water partition coefficient (Wildman–Crippen LogP) is 1.22. The van der Waals surface area contributed by atoms with E-state index in [2.05, 4.69) is 0 Å². The molecule has 1 unspecified atom stereocenters. The molecule has 2 fully saturated rings. The molecule has 1 aliphatic carbocycles. The smallest absolute Gasteiger partial charge is 0.225 e. The summed E-state index contributed by atoms with van der Waals surface area (Å²) in [4.78, 5) is 14.6. The molecule has 5 heteroatoms. The summed E-state index contributed by atoms with van der Waals surface area (Å²) in [6.07, 6.45) is 5.61. The number of carbonyl (C=O) groups is 1. The fraction of sp³-hybridized carbons (Fsp3) is 0.833. The summed E-state index contributed by atoms with van der Waals surface area (Å²) in [7, 11) is 0. The van der Waals surface area contributed by atoms with Crippen LogP contribution in [0.5, 0.6) is 0 Å². The Morgan fingerprint density at radius 1 is 1.41 bits per heavy atom. The molecule has 1 amide bonds. The van der Waals surface area contributed by atoms with E-state index in [1.165, 1.54) is 0 Å². The van der Waals surface area contributed by atoms with Crippen LogP contribution >= 0.6 is 12.2 Å². The molecule has 96 valence electrons. The highest BCUT2D eigenvalue weighted by molar-refractivity contribution is 7.80. The molecule has 1 aliphatic heterocycles. The van der Waals surface area contributed by atoms with Gasteiger partial charge in [-0.2, -0.15) is 0 Å². The summed E-state index contributed by atoms with van der Waals surface area (Å²) >= 11 is 4.87. The minimum Gasteiger partial charge on any atom is -0.393 e. The van der Waals surface area contributed by atoms with Gasteiger partial charge in [0.05, 0.1) is 17.5 Å². The Bertz CT molecular complexity index is 299. The highest BCUT2D eigenvalue weighted by Gasteiger charge is 2.33. The number of hydrogen-bond acceptors (Lipinski definition) is 3. The fourth-order valence-electron chi connectivity index (χ4n) is 2.25. The lowest BCUT2D eigenvalue weighted by Gasteiger charge is -2.23. The van der Waals surface area contributed by atoms with Crippen LogP contribution in [-0.4, -0.2) is 41.1 Å². The van der Waals surface area contributed by atoms with Crippen LogP contribution in [0.25, 0.3) is 0 Å². The molecule has 4 nitrogen and oxygen atoms in total. The maximum absolute atomic E-state index is 12.2. The molecule has 2 N–H and O–H groups in total. The summed E-state index contributed by atoms with van der Waals surface area (Å²) in [5.74, 6) is 0.204. The largest absolute Gasteiger partial charge is 0.393 e. The molecular weight excluding hydrogens is 236 g/mol. The summed E-state index contributed by atoms with van der Waals surface area (Å²) in [6.45, 7) is 1.47. The number of rotatable bonds is 6. The fourth-order valence-corrected chi connectivity index (χ4v) is 2.34. The van der Waals surface area contributed by atoms with Gasteiger partial charge in [0.2, 0.25) is 5.91 Å². The third-order valence-electron chi connectivity index (χ3n) is 3.33. The van der Waals surface area contributed by atoms with Crippen LogP contribution in [0, 0.1) is 0 Å². The molecule has 2 rings (SSSR count). The van der Waals surface area contributed by atoms with Crippen molar-refractivity contribution < 1.29 is 9.53 Å². The van der Waals surface area contributed by atoms with Crippen molar-refractivity contribution in [3.8, 4) is 0 Å². The molecule has 1 atom stereocenters. The topological polar surface area (TPSA) is 55.6 Å². The third kappa shape index (κ3) is 3.92. The normalized spacial score (nSPS) is 23.6. The number of hydrogen-bond donors (Lipinski definition) is 1. The second-order valence-corrected chi connectivity index (χ2v) is 5.40. The minimum atomic E-state index is 0.133. The highest BCUT2D eigenvalue weighted by atomic mass is 32.1. The van der Waals surface area contributed by atoms with Gasteiger partial charge >= 0.3 is 0 Å². The average molecular weight is 256 g/mol. The van der Waals surface area contributed by atoms with Crippen LogP contribution in [0.4, 0.5) is 0 Å². The molecule has 17 heavy (non-hydrogen) atoms. The van der Waals surface area contributed by atoms with Gasteiger partial charge in [-0.3, -0.25) is 4.79 Å². The monoisotopic (exact) mass is 256 g/mol. The third-order valence-corrected chi connectivity index (χ3v) is 3.54. The van der Waals surface area contributed by atoms with Gasteiger partial charge in [-0.1, -0.05) is 12.2 Å². The lowest BCUT2D eigenvalue weighted by atomic mass is 10.1. The maximum atomic E-state index is 12.2. The molecule has 2 aliphatic rings. The van der Waals surface area contributed by atoms with Gasteiger partial charge in [-0.05, 0) is 25.7 Å². The number of ether oxygens (including phenoxy) is 1. The van der Waals surface area contributed by atoms with E-state index in [1.54, 1.807) is 0 Å². The van der Waals surface area contributed by atoms with E-state index in [1.807, 2.05) is 4.90 Å². The molecule has 0 aromatic rings. The van der Waals surface area contributed by atoms with Crippen LogP contribution in [0.2, 0.25) is 0 Å². The second kappa shape index (κ2) is 5.78. The van der Waals surface area contributed by atoms with Gasteiger partial charge in [0.1, 0.15) is 0 Å². The van der Waals surface area contributed by atoms with E-state index < -0.39 is 0 Å². The Kier molecular flexibility index (Phi) is 4.34. The van der Waals surface area contributed by atoms with Gasteiger partial charge in [-0.25, -0.2) is 0 Å². The zero-order valence-corrected chi connectivity index (χ0v) is 10.9. The van der Waals surface area contributed by atoms with Crippen molar-refractivity contribution in [1.82, 2.24) is 4.90 Å². The molecular formula is C12H20N2O2S. The van der Waals surface area contributed by atoms with Crippen LogP contribution < -0.4 is 5.73 Å². The van der Waals surface area contributed by atoms with E-state index >= 15 is 0 Å². The summed E-state index contributed by atoms with van der Waals surface area (Å²) in [5.41, 5.74) is 5.49. The first kappa shape index (κ1) is 12.8. The molecule has 0 bridgehead atoms. The van der Waals surface area contributed by atoms with Crippen molar-refractivity contribution in [2.45, 2.75) is 50.7 Å². The quantitative estimate of drug-likeness (QED) is 0.726. The van der Waals surface area contributed by atoms with E-state index in [0.29, 0.717) is 30.4 Å². The Morgan fingerprint density at radius 3 is 2.71 bits per heavy atom. The first-order valence-electron chi connectivity index (χ1n) is 6.36. The minimum absolute atomic E-state index is 0.133. The average Bonchev–Trinajstić information content (AvgIpc) is 2.97. The first-order chi connectivity index (χ1) is 8.16. The molecule has 0 radical (unpaired) electrons.